The third-order valence-electron chi connectivity index (χ3n) is 8.60. The lowest BCUT2D eigenvalue weighted by Gasteiger charge is -2.37. The molecule has 7 heteroatoms. The van der Waals surface area contributed by atoms with Gasteiger partial charge < -0.3 is 19.7 Å². The molecule has 3 aromatic rings. The molecule has 2 saturated heterocycles. The van der Waals surface area contributed by atoms with Crippen molar-refractivity contribution < 1.29 is 0 Å². The molecule has 2 aromatic heterocycles. The molecule has 0 unspecified atom stereocenters. The molecule has 5 nitrogen and oxygen atoms in total. The zero-order chi connectivity index (χ0) is 26.2. The normalized spacial score (nSPS) is 26.6. The van der Waals surface area contributed by atoms with Gasteiger partial charge in [-0.25, -0.2) is 0 Å². The first-order valence-corrected chi connectivity index (χ1v) is 15.0. The monoisotopic (exact) mass is 547 g/mol. The fourth-order valence-electron chi connectivity index (χ4n) is 7.04. The molecule has 4 atom stereocenters. The molecule has 200 valence electrons. The summed E-state index contributed by atoms with van der Waals surface area (Å²) in [6.45, 7) is 6.77. The van der Waals surface area contributed by atoms with Gasteiger partial charge in [0.15, 0.2) is 5.11 Å². The van der Waals surface area contributed by atoms with Crippen molar-refractivity contribution in [2.24, 2.45) is 11.8 Å². The van der Waals surface area contributed by atoms with Crippen LogP contribution < -0.4 is 15.1 Å². The highest BCUT2D eigenvalue weighted by molar-refractivity contribution is 7.80. The van der Waals surface area contributed by atoms with Crippen molar-refractivity contribution in [1.82, 2.24) is 14.9 Å². The van der Waals surface area contributed by atoms with Crippen LogP contribution in [0.1, 0.15) is 81.9 Å². The van der Waals surface area contributed by atoms with E-state index in [1.54, 1.807) is 0 Å². The summed E-state index contributed by atoms with van der Waals surface area (Å²) in [7, 11) is 0. The van der Waals surface area contributed by atoms with Gasteiger partial charge in [-0.2, -0.15) is 0 Å². The van der Waals surface area contributed by atoms with Gasteiger partial charge in [-0.05, 0) is 85.8 Å². The minimum Gasteiger partial charge on any atom is -0.370 e. The average molecular weight is 548 g/mol. The summed E-state index contributed by atoms with van der Waals surface area (Å²) in [5.74, 6) is 1.34. The van der Waals surface area contributed by atoms with E-state index in [1.165, 1.54) is 44.2 Å². The van der Waals surface area contributed by atoms with Gasteiger partial charge >= 0.3 is 0 Å². The second-order valence-corrected chi connectivity index (χ2v) is 12.4. The van der Waals surface area contributed by atoms with E-state index in [2.05, 4.69) is 82.2 Å². The van der Waals surface area contributed by atoms with Gasteiger partial charge in [0.2, 0.25) is 0 Å². The summed E-state index contributed by atoms with van der Waals surface area (Å²) in [5.41, 5.74) is 4.42. The zero-order valence-corrected chi connectivity index (χ0v) is 24.0. The van der Waals surface area contributed by atoms with Crippen LogP contribution in [-0.4, -0.2) is 27.8 Å². The molecule has 6 rings (SSSR count). The first-order chi connectivity index (χ1) is 18.5. The van der Waals surface area contributed by atoms with E-state index >= 15 is 0 Å². The Morgan fingerprint density at radius 2 is 1.76 bits per heavy atom. The number of halogens is 1. The Morgan fingerprint density at radius 1 is 0.974 bits per heavy atom. The van der Waals surface area contributed by atoms with Crippen LogP contribution in [0.25, 0.3) is 0 Å². The SMILES string of the molecule is C[C@H]1C[C@H](C)CN(c2ccc(N3C(=S)N[C@@H](c4ccccn4)[C@@H]3c3cccn3C3CCCCC3)cc2Cl)C1. The van der Waals surface area contributed by atoms with Gasteiger partial charge in [0.25, 0.3) is 0 Å². The number of thiocarbonyl (C=S) groups is 1. The molecule has 0 amide bonds. The standard InChI is InChI=1S/C31H38ClN5S/c1-21-17-22(2)20-35(19-21)27-14-13-24(18-25(27)32)37-30(29(34-31(37)38)26-11-6-7-15-33-26)28-12-8-16-36(28)23-9-4-3-5-10-23/h6-8,11-16,18,21-23,29-30H,3-5,9-10,17,19-20H2,1-2H3,(H,34,38)/t21-,22-,29-,30-/m0/s1. The lowest BCUT2D eigenvalue weighted by molar-refractivity contribution is 0.340. The van der Waals surface area contributed by atoms with Crippen LogP contribution in [0.3, 0.4) is 0 Å². The Bertz CT molecular complexity index is 1260. The molecule has 1 saturated carbocycles. The van der Waals surface area contributed by atoms with Crippen LogP contribution in [0.4, 0.5) is 11.4 Å². The molecule has 2 aliphatic heterocycles. The molecule has 0 radical (unpaired) electrons. The zero-order valence-electron chi connectivity index (χ0n) is 22.4. The van der Waals surface area contributed by atoms with Crippen LogP contribution >= 0.6 is 23.8 Å². The van der Waals surface area contributed by atoms with E-state index in [0.29, 0.717) is 23.0 Å². The Morgan fingerprint density at radius 3 is 2.47 bits per heavy atom. The highest BCUT2D eigenvalue weighted by Crippen LogP contribution is 2.45. The number of pyridine rings is 1. The number of nitrogens with zero attached hydrogens (tertiary/aromatic N) is 4. The second-order valence-electron chi connectivity index (χ2n) is 11.6. The number of aromatic nitrogens is 2. The Hall–Kier alpha value is -2.57. The topological polar surface area (TPSA) is 36.3 Å². The predicted octanol–water partition coefficient (Wildman–Crippen LogP) is 7.70. The highest BCUT2D eigenvalue weighted by Gasteiger charge is 2.42. The summed E-state index contributed by atoms with van der Waals surface area (Å²) in [6.07, 6.45) is 11.8. The van der Waals surface area contributed by atoms with Crippen molar-refractivity contribution in [2.45, 2.75) is 70.5 Å². The van der Waals surface area contributed by atoms with Crippen molar-refractivity contribution in [1.29, 1.82) is 0 Å². The summed E-state index contributed by atoms with van der Waals surface area (Å²) in [4.78, 5) is 9.46. The number of hydrogen-bond donors (Lipinski definition) is 1. The lowest BCUT2D eigenvalue weighted by atomic mass is 9.91. The number of piperidine rings is 1. The molecule has 3 aliphatic rings. The fourth-order valence-corrected chi connectivity index (χ4v) is 7.68. The molecule has 1 N–H and O–H groups in total. The second kappa shape index (κ2) is 10.9. The van der Waals surface area contributed by atoms with Crippen LogP contribution in [0.5, 0.6) is 0 Å². The van der Waals surface area contributed by atoms with Crippen molar-refractivity contribution in [3.63, 3.8) is 0 Å². The third-order valence-corrected chi connectivity index (χ3v) is 9.22. The van der Waals surface area contributed by atoms with Crippen molar-refractivity contribution >= 4 is 40.3 Å². The van der Waals surface area contributed by atoms with Crippen molar-refractivity contribution in [3.8, 4) is 0 Å². The molecule has 3 fully saturated rings. The Balaban J connectivity index is 1.39. The Labute approximate surface area is 237 Å². The van der Waals surface area contributed by atoms with Crippen LogP contribution in [-0.2, 0) is 0 Å². The van der Waals surface area contributed by atoms with Gasteiger partial charge in [-0.1, -0.05) is 50.8 Å². The number of nitrogens with one attached hydrogen (secondary N) is 1. The van der Waals surface area contributed by atoms with E-state index < -0.39 is 0 Å². The maximum Gasteiger partial charge on any atom is 0.174 e. The van der Waals surface area contributed by atoms with Crippen LogP contribution in [0.2, 0.25) is 5.02 Å². The summed E-state index contributed by atoms with van der Waals surface area (Å²) < 4.78 is 2.51. The maximum absolute atomic E-state index is 7.01. The smallest absolute Gasteiger partial charge is 0.174 e. The summed E-state index contributed by atoms with van der Waals surface area (Å²) >= 11 is 13.0. The van der Waals surface area contributed by atoms with Crippen molar-refractivity contribution in [3.05, 3.63) is 77.3 Å². The number of hydrogen-bond acceptors (Lipinski definition) is 3. The van der Waals surface area contributed by atoms with Gasteiger partial charge in [0.1, 0.15) is 6.04 Å². The van der Waals surface area contributed by atoms with Gasteiger partial charge in [-0.15, -0.1) is 0 Å². The third kappa shape index (κ3) is 4.93. The average Bonchev–Trinajstić information content (AvgIpc) is 3.53. The Kier molecular flexibility index (Phi) is 7.37. The highest BCUT2D eigenvalue weighted by atomic mass is 35.5. The van der Waals surface area contributed by atoms with Crippen molar-refractivity contribution in [2.75, 3.05) is 22.9 Å². The molecule has 0 spiro atoms. The molecular weight excluding hydrogens is 510 g/mol. The molecule has 1 aliphatic carbocycles. The van der Waals surface area contributed by atoms with E-state index in [-0.39, 0.29) is 12.1 Å². The summed E-state index contributed by atoms with van der Waals surface area (Å²) in [5, 5.41) is 5.12. The molecule has 1 aromatic carbocycles. The largest absolute Gasteiger partial charge is 0.370 e. The predicted molar refractivity (Wildman–Crippen MR) is 161 cm³/mol. The quantitative estimate of drug-likeness (QED) is 0.331. The van der Waals surface area contributed by atoms with E-state index in [1.807, 2.05) is 12.3 Å². The van der Waals surface area contributed by atoms with Gasteiger partial charge in [-0.3, -0.25) is 4.98 Å². The number of benzene rings is 1. The van der Waals surface area contributed by atoms with Crippen LogP contribution in [0, 0.1) is 11.8 Å². The lowest BCUT2D eigenvalue weighted by Crippen LogP contribution is -2.39. The number of rotatable bonds is 5. The first-order valence-electron chi connectivity index (χ1n) is 14.2. The molecule has 38 heavy (non-hydrogen) atoms. The van der Waals surface area contributed by atoms with Gasteiger partial charge in [0.05, 0.1) is 22.4 Å². The maximum atomic E-state index is 7.01. The molecule has 4 heterocycles. The van der Waals surface area contributed by atoms with Gasteiger partial charge in [0, 0.05) is 42.9 Å². The minimum absolute atomic E-state index is 0.0220. The molecule has 0 bridgehead atoms. The fraction of sp³-hybridized carbons (Fsp3) is 0.484. The number of anilines is 2. The van der Waals surface area contributed by atoms with E-state index in [9.17, 15) is 0 Å². The van der Waals surface area contributed by atoms with Crippen LogP contribution in [0.15, 0.2) is 60.9 Å². The molecular formula is C31H38ClN5S. The first kappa shape index (κ1) is 25.7. The minimum atomic E-state index is -0.0526. The van der Waals surface area contributed by atoms with E-state index in [4.69, 9.17) is 28.8 Å². The summed E-state index contributed by atoms with van der Waals surface area (Å²) in [6, 6.07) is 17.5. The van der Waals surface area contributed by atoms with E-state index in [0.717, 1.165) is 35.2 Å².